The Balaban J connectivity index is 2.24. The number of aliphatic hydroxyl groups is 1. The monoisotopic (exact) mass is 232 g/mol. The Labute approximate surface area is 105 Å². The van der Waals surface area contributed by atoms with Crippen LogP contribution in [0, 0.1) is 11.3 Å². The van der Waals surface area contributed by atoms with E-state index in [-0.39, 0.29) is 11.5 Å². The minimum absolute atomic E-state index is 0.121. The third kappa shape index (κ3) is 2.13. The first-order valence-corrected chi connectivity index (χ1v) is 6.81. The molecule has 1 aliphatic rings. The second-order valence-corrected chi connectivity index (χ2v) is 5.91. The van der Waals surface area contributed by atoms with Gasteiger partial charge in [0.1, 0.15) is 0 Å². The van der Waals surface area contributed by atoms with Crippen molar-refractivity contribution in [3.8, 4) is 0 Å². The van der Waals surface area contributed by atoms with Crippen molar-refractivity contribution in [2.75, 3.05) is 0 Å². The van der Waals surface area contributed by atoms with Crippen LogP contribution in [0.5, 0.6) is 0 Å². The molecule has 17 heavy (non-hydrogen) atoms. The van der Waals surface area contributed by atoms with E-state index in [1.165, 1.54) is 24.8 Å². The maximum atomic E-state index is 10.5. The highest BCUT2D eigenvalue weighted by molar-refractivity contribution is 5.23. The fraction of sp³-hybridized carbons (Fsp3) is 0.625. The second kappa shape index (κ2) is 4.81. The summed E-state index contributed by atoms with van der Waals surface area (Å²) in [5, 5.41) is 10.5. The van der Waals surface area contributed by atoms with Gasteiger partial charge >= 0.3 is 0 Å². The highest BCUT2D eigenvalue weighted by Gasteiger charge is 2.48. The molecule has 1 nitrogen and oxygen atoms in total. The van der Waals surface area contributed by atoms with E-state index in [2.05, 4.69) is 51.1 Å². The highest BCUT2D eigenvalue weighted by atomic mass is 16.3. The summed E-state index contributed by atoms with van der Waals surface area (Å²) >= 11 is 0. The predicted molar refractivity (Wildman–Crippen MR) is 72.0 cm³/mol. The molecular weight excluding hydrogens is 208 g/mol. The van der Waals surface area contributed by atoms with E-state index in [4.69, 9.17) is 0 Å². The van der Waals surface area contributed by atoms with E-state index < -0.39 is 0 Å². The van der Waals surface area contributed by atoms with E-state index >= 15 is 0 Å². The smallest absolute Gasteiger partial charge is 0.0625 e. The van der Waals surface area contributed by atoms with Crippen molar-refractivity contribution in [3.63, 3.8) is 0 Å². The van der Waals surface area contributed by atoms with E-state index in [0.717, 1.165) is 0 Å². The summed E-state index contributed by atoms with van der Waals surface area (Å²) in [6, 6.07) is 10.6. The molecular formula is C16H24O. The molecule has 1 N–H and O–H groups in total. The summed E-state index contributed by atoms with van der Waals surface area (Å²) in [4.78, 5) is 0. The van der Waals surface area contributed by atoms with Gasteiger partial charge in [-0.2, -0.15) is 0 Å². The van der Waals surface area contributed by atoms with Crippen LogP contribution in [0.25, 0.3) is 0 Å². The first kappa shape index (κ1) is 12.6. The molecule has 1 fully saturated rings. The van der Waals surface area contributed by atoms with Gasteiger partial charge in [-0.15, -0.1) is 0 Å². The van der Waals surface area contributed by atoms with Crippen molar-refractivity contribution in [1.29, 1.82) is 0 Å². The standard InChI is InChI=1S/C16H24O/c1-12(2)15(17)16(10-7-11-16)13(3)14-8-5-4-6-9-14/h4-6,8-9,12-13,15,17H,7,10-11H2,1-3H3/t13?,15-/m0/s1. The largest absolute Gasteiger partial charge is 0.392 e. The van der Waals surface area contributed by atoms with E-state index in [9.17, 15) is 5.11 Å². The Hall–Kier alpha value is -0.820. The molecule has 94 valence electrons. The Bertz CT molecular complexity index is 351. The van der Waals surface area contributed by atoms with Crippen LogP contribution in [0.15, 0.2) is 30.3 Å². The number of aliphatic hydroxyl groups excluding tert-OH is 1. The number of hydrogen-bond donors (Lipinski definition) is 1. The molecule has 0 spiro atoms. The molecule has 2 atom stereocenters. The van der Waals surface area contributed by atoms with Crippen LogP contribution in [-0.4, -0.2) is 11.2 Å². The maximum absolute atomic E-state index is 10.5. The number of hydrogen-bond acceptors (Lipinski definition) is 1. The van der Waals surface area contributed by atoms with Crippen molar-refractivity contribution in [2.24, 2.45) is 11.3 Å². The Kier molecular flexibility index (Phi) is 3.58. The van der Waals surface area contributed by atoms with E-state index in [1.54, 1.807) is 0 Å². The minimum Gasteiger partial charge on any atom is -0.392 e. The Morgan fingerprint density at radius 1 is 1.06 bits per heavy atom. The maximum Gasteiger partial charge on any atom is 0.0625 e. The third-order valence-electron chi connectivity index (χ3n) is 4.67. The molecule has 0 heterocycles. The molecule has 0 amide bonds. The van der Waals surface area contributed by atoms with Gasteiger partial charge in [0.15, 0.2) is 0 Å². The van der Waals surface area contributed by atoms with Crippen LogP contribution in [0.2, 0.25) is 0 Å². The van der Waals surface area contributed by atoms with Crippen molar-refractivity contribution in [2.45, 2.75) is 52.1 Å². The summed E-state index contributed by atoms with van der Waals surface area (Å²) in [5.74, 6) is 0.802. The lowest BCUT2D eigenvalue weighted by Gasteiger charge is -2.51. The summed E-state index contributed by atoms with van der Waals surface area (Å²) in [6.45, 7) is 6.53. The lowest BCUT2D eigenvalue weighted by atomic mass is 9.55. The van der Waals surface area contributed by atoms with Crippen LogP contribution < -0.4 is 0 Å². The fourth-order valence-electron chi connectivity index (χ4n) is 3.31. The summed E-state index contributed by atoms with van der Waals surface area (Å²) in [5.41, 5.74) is 1.49. The molecule has 1 heteroatoms. The Morgan fingerprint density at radius 3 is 2.06 bits per heavy atom. The molecule has 1 aliphatic carbocycles. The van der Waals surface area contributed by atoms with Gasteiger partial charge < -0.3 is 5.11 Å². The minimum atomic E-state index is -0.175. The average molecular weight is 232 g/mol. The second-order valence-electron chi connectivity index (χ2n) is 5.91. The van der Waals surface area contributed by atoms with Gasteiger partial charge in [0.05, 0.1) is 6.10 Å². The fourth-order valence-corrected chi connectivity index (χ4v) is 3.31. The van der Waals surface area contributed by atoms with Crippen molar-refractivity contribution >= 4 is 0 Å². The molecule has 0 radical (unpaired) electrons. The lowest BCUT2D eigenvalue weighted by molar-refractivity contribution is -0.0760. The first-order valence-electron chi connectivity index (χ1n) is 6.81. The van der Waals surface area contributed by atoms with Gasteiger partial charge in [0.25, 0.3) is 0 Å². The molecule has 1 aromatic carbocycles. The predicted octanol–water partition coefficient (Wildman–Crippen LogP) is 3.98. The van der Waals surface area contributed by atoms with Gasteiger partial charge in [0.2, 0.25) is 0 Å². The molecule has 2 rings (SSSR count). The molecule has 1 unspecified atom stereocenters. The quantitative estimate of drug-likeness (QED) is 0.832. The van der Waals surface area contributed by atoms with Gasteiger partial charge in [-0.3, -0.25) is 0 Å². The zero-order chi connectivity index (χ0) is 12.5. The molecule has 0 saturated heterocycles. The number of benzene rings is 1. The topological polar surface area (TPSA) is 20.2 Å². The van der Waals surface area contributed by atoms with Crippen LogP contribution >= 0.6 is 0 Å². The highest BCUT2D eigenvalue weighted by Crippen LogP contribution is 2.55. The molecule has 1 aromatic rings. The van der Waals surface area contributed by atoms with Gasteiger partial charge in [-0.1, -0.05) is 57.5 Å². The third-order valence-corrected chi connectivity index (χ3v) is 4.67. The first-order chi connectivity index (χ1) is 8.08. The normalized spacial score (nSPS) is 21.9. The van der Waals surface area contributed by atoms with Gasteiger partial charge in [-0.25, -0.2) is 0 Å². The van der Waals surface area contributed by atoms with Crippen LogP contribution in [0.4, 0.5) is 0 Å². The van der Waals surface area contributed by atoms with Crippen molar-refractivity contribution < 1.29 is 5.11 Å². The molecule has 0 aromatic heterocycles. The van der Waals surface area contributed by atoms with Crippen LogP contribution in [0.3, 0.4) is 0 Å². The molecule has 0 aliphatic heterocycles. The van der Waals surface area contributed by atoms with Crippen molar-refractivity contribution in [1.82, 2.24) is 0 Å². The van der Waals surface area contributed by atoms with Crippen LogP contribution in [-0.2, 0) is 0 Å². The van der Waals surface area contributed by atoms with Gasteiger partial charge in [-0.05, 0) is 30.2 Å². The van der Waals surface area contributed by atoms with Crippen LogP contribution in [0.1, 0.15) is 51.5 Å². The Morgan fingerprint density at radius 2 is 1.65 bits per heavy atom. The SMILES string of the molecule is CC(C)[C@H](O)C1(C(C)c2ccccc2)CCC1. The summed E-state index contributed by atoms with van der Waals surface area (Å²) < 4.78 is 0. The zero-order valence-electron chi connectivity index (χ0n) is 11.2. The lowest BCUT2D eigenvalue weighted by Crippen LogP contribution is -2.47. The average Bonchev–Trinajstić information content (AvgIpc) is 2.28. The van der Waals surface area contributed by atoms with Crippen molar-refractivity contribution in [3.05, 3.63) is 35.9 Å². The summed E-state index contributed by atoms with van der Waals surface area (Å²) in [7, 11) is 0. The van der Waals surface area contributed by atoms with E-state index in [0.29, 0.717) is 11.8 Å². The zero-order valence-corrected chi connectivity index (χ0v) is 11.2. The molecule has 1 saturated carbocycles. The molecule has 0 bridgehead atoms. The van der Waals surface area contributed by atoms with E-state index in [1.807, 2.05) is 0 Å². The van der Waals surface area contributed by atoms with Gasteiger partial charge in [0, 0.05) is 5.41 Å². The summed E-state index contributed by atoms with van der Waals surface area (Å²) in [6.07, 6.45) is 3.43. The number of rotatable bonds is 4.